The topological polar surface area (TPSA) is 72.6 Å². The van der Waals surface area contributed by atoms with E-state index in [4.69, 9.17) is 9.26 Å². The van der Waals surface area contributed by atoms with Gasteiger partial charge in [-0.3, -0.25) is 9.59 Å². The third-order valence-corrected chi connectivity index (χ3v) is 6.76. The molecule has 8 heteroatoms. The number of likely N-dealkylation sites (tertiary alicyclic amines) is 1. The molecule has 0 spiro atoms. The van der Waals surface area contributed by atoms with Crippen molar-refractivity contribution in [2.24, 2.45) is 5.92 Å². The van der Waals surface area contributed by atoms with Crippen LogP contribution in [0.5, 0.6) is 0 Å². The second-order valence-electron chi connectivity index (χ2n) is 7.85. The molecule has 1 aliphatic rings. The molecule has 6 nitrogen and oxygen atoms in total. The molecule has 0 bridgehead atoms. The summed E-state index contributed by atoms with van der Waals surface area (Å²) in [5.74, 6) is -0.0253. The lowest BCUT2D eigenvalue weighted by atomic mass is 9.78. The second-order valence-corrected chi connectivity index (χ2v) is 8.80. The number of carbonyl (C=O) groups is 2. The molecular formula is C24H25FN2O4S. The molecule has 3 aromatic rings. The molecule has 32 heavy (non-hydrogen) atoms. The van der Waals surface area contributed by atoms with Crippen LogP contribution in [0.3, 0.4) is 0 Å². The van der Waals surface area contributed by atoms with Gasteiger partial charge in [-0.2, -0.15) is 0 Å². The summed E-state index contributed by atoms with van der Waals surface area (Å²) in [7, 11) is 0. The van der Waals surface area contributed by atoms with Crippen LogP contribution in [0, 0.1) is 11.7 Å². The van der Waals surface area contributed by atoms with Gasteiger partial charge < -0.3 is 14.2 Å². The van der Waals surface area contributed by atoms with E-state index in [0.717, 1.165) is 23.3 Å². The number of ether oxygens (including phenoxy) is 1. The Morgan fingerprint density at radius 2 is 2.00 bits per heavy atom. The van der Waals surface area contributed by atoms with Crippen molar-refractivity contribution in [3.05, 3.63) is 64.9 Å². The maximum absolute atomic E-state index is 13.4. The average Bonchev–Trinajstić information content (AvgIpc) is 3.50. The highest BCUT2D eigenvalue weighted by atomic mass is 32.1. The van der Waals surface area contributed by atoms with Crippen molar-refractivity contribution in [2.45, 2.75) is 32.1 Å². The molecule has 168 valence electrons. The molecular weight excluding hydrogens is 431 g/mol. The van der Waals surface area contributed by atoms with Crippen LogP contribution in [-0.4, -0.2) is 41.6 Å². The zero-order chi connectivity index (χ0) is 22.5. The number of amides is 1. The largest absolute Gasteiger partial charge is 0.466 e. The van der Waals surface area contributed by atoms with E-state index in [1.807, 2.05) is 17.5 Å². The smallest absolute Gasteiger partial charge is 0.306 e. The number of carbonyl (C=O) groups excluding carboxylic acids is 2. The lowest BCUT2D eigenvalue weighted by Crippen LogP contribution is -2.40. The van der Waals surface area contributed by atoms with Crippen LogP contribution in [0.15, 0.2) is 52.4 Å². The molecule has 2 aromatic heterocycles. The number of benzene rings is 1. The van der Waals surface area contributed by atoms with Gasteiger partial charge in [0.1, 0.15) is 5.82 Å². The molecule has 0 saturated carbocycles. The summed E-state index contributed by atoms with van der Waals surface area (Å²) in [5, 5.41) is 5.90. The molecule has 0 N–H and O–H groups in total. The molecule has 1 saturated heterocycles. The van der Waals surface area contributed by atoms with Gasteiger partial charge >= 0.3 is 5.97 Å². The molecule has 1 aliphatic heterocycles. The third-order valence-electron chi connectivity index (χ3n) is 5.88. The van der Waals surface area contributed by atoms with Gasteiger partial charge in [0.25, 0.3) is 5.91 Å². The van der Waals surface area contributed by atoms with E-state index < -0.39 is 0 Å². The zero-order valence-electron chi connectivity index (χ0n) is 17.8. The van der Waals surface area contributed by atoms with Crippen LogP contribution in [0.4, 0.5) is 4.39 Å². The highest BCUT2D eigenvalue weighted by molar-refractivity contribution is 7.13. The number of rotatable bonds is 7. The molecule has 1 fully saturated rings. The van der Waals surface area contributed by atoms with E-state index in [1.54, 1.807) is 30.0 Å². The number of aromatic nitrogens is 1. The monoisotopic (exact) mass is 456 g/mol. The van der Waals surface area contributed by atoms with Gasteiger partial charge in [0.15, 0.2) is 11.5 Å². The minimum absolute atomic E-state index is 0.0793. The summed E-state index contributed by atoms with van der Waals surface area (Å²) in [6, 6.07) is 11.8. The van der Waals surface area contributed by atoms with Crippen LogP contribution in [0.2, 0.25) is 0 Å². The van der Waals surface area contributed by atoms with E-state index >= 15 is 0 Å². The average molecular weight is 457 g/mol. The predicted octanol–water partition coefficient (Wildman–Crippen LogP) is 5.13. The standard InChI is InChI=1S/C24H25FN2O4S/c1-2-30-23(28)14-19(16-5-7-18(25)8-6-16)17-9-11-27(12-10-17)24(29)20-15-21(31-26-20)22-4-3-13-32-22/h3-8,13,15,17,19H,2,9-12,14H2,1H3/t19-/m0/s1. The molecule has 0 unspecified atom stereocenters. The number of hydrogen-bond acceptors (Lipinski definition) is 6. The first-order valence-corrected chi connectivity index (χ1v) is 11.6. The fourth-order valence-electron chi connectivity index (χ4n) is 4.24. The van der Waals surface area contributed by atoms with Gasteiger partial charge in [0.05, 0.1) is 17.9 Å². The Morgan fingerprint density at radius 1 is 1.25 bits per heavy atom. The summed E-state index contributed by atoms with van der Waals surface area (Å²) in [6.45, 7) is 3.23. The minimum atomic E-state index is -0.307. The number of thiophene rings is 1. The fourth-order valence-corrected chi connectivity index (χ4v) is 4.92. The van der Waals surface area contributed by atoms with E-state index in [0.29, 0.717) is 31.2 Å². The first-order valence-electron chi connectivity index (χ1n) is 10.8. The number of esters is 1. The van der Waals surface area contributed by atoms with Crippen molar-refractivity contribution in [3.8, 4) is 10.6 Å². The minimum Gasteiger partial charge on any atom is -0.466 e. The van der Waals surface area contributed by atoms with Crippen LogP contribution in [0.25, 0.3) is 10.6 Å². The Labute approximate surface area is 190 Å². The third kappa shape index (κ3) is 5.07. The van der Waals surface area contributed by atoms with Gasteiger partial charge in [0.2, 0.25) is 0 Å². The Morgan fingerprint density at radius 3 is 2.66 bits per heavy atom. The van der Waals surface area contributed by atoms with E-state index in [-0.39, 0.29) is 36.0 Å². The Kier molecular flexibility index (Phi) is 6.99. The van der Waals surface area contributed by atoms with Crippen molar-refractivity contribution in [2.75, 3.05) is 19.7 Å². The lowest BCUT2D eigenvalue weighted by molar-refractivity contribution is -0.144. The summed E-state index contributed by atoms with van der Waals surface area (Å²) in [4.78, 5) is 27.8. The summed E-state index contributed by atoms with van der Waals surface area (Å²) in [5.41, 5.74) is 1.22. The predicted molar refractivity (Wildman–Crippen MR) is 119 cm³/mol. The first kappa shape index (κ1) is 22.2. The second kappa shape index (κ2) is 10.1. The molecule has 1 amide bonds. The van der Waals surface area contributed by atoms with Crippen LogP contribution in [0.1, 0.15) is 48.2 Å². The molecule has 0 aliphatic carbocycles. The molecule has 1 aromatic carbocycles. The number of piperidine rings is 1. The quantitative estimate of drug-likeness (QED) is 0.461. The van der Waals surface area contributed by atoms with Gasteiger partial charge in [-0.25, -0.2) is 4.39 Å². The van der Waals surface area contributed by atoms with Crippen molar-refractivity contribution in [1.82, 2.24) is 10.1 Å². The van der Waals surface area contributed by atoms with Crippen LogP contribution in [-0.2, 0) is 9.53 Å². The summed E-state index contributed by atoms with van der Waals surface area (Å²) < 4.78 is 23.9. The van der Waals surface area contributed by atoms with E-state index in [9.17, 15) is 14.0 Å². The number of halogens is 1. The highest BCUT2D eigenvalue weighted by Crippen LogP contribution is 2.36. The van der Waals surface area contributed by atoms with Crippen molar-refractivity contribution >= 4 is 23.2 Å². The maximum Gasteiger partial charge on any atom is 0.306 e. The van der Waals surface area contributed by atoms with Crippen LogP contribution >= 0.6 is 11.3 Å². The number of hydrogen-bond donors (Lipinski definition) is 0. The zero-order valence-corrected chi connectivity index (χ0v) is 18.6. The SMILES string of the molecule is CCOC(=O)C[C@@H](c1ccc(F)cc1)C1CCN(C(=O)c2cc(-c3cccs3)on2)CC1. The first-order chi connectivity index (χ1) is 15.5. The van der Waals surface area contributed by atoms with E-state index in [1.165, 1.54) is 23.5 Å². The normalized spacial score (nSPS) is 15.5. The Balaban J connectivity index is 1.42. The summed E-state index contributed by atoms with van der Waals surface area (Å²) >= 11 is 1.53. The number of nitrogens with zero attached hydrogens (tertiary/aromatic N) is 2. The Bertz CT molecular complexity index is 1040. The van der Waals surface area contributed by atoms with Gasteiger partial charge in [-0.15, -0.1) is 11.3 Å². The molecule has 4 rings (SSSR count). The highest BCUT2D eigenvalue weighted by Gasteiger charge is 2.32. The van der Waals surface area contributed by atoms with Gasteiger partial charge in [-0.05, 0) is 60.7 Å². The molecule has 1 atom stereocenters. The van der Waals surface area contributed by atoms with Crippen LogP contribution < -0.4 is 0 Å². The van der Waals surface area contributed by atoms with E-state index in [2.05, 4.69) is 5.16 Å². The summed E-state index contributed by atoms with van der Waals surface area (Å²) in [6.07, 6.45) is 1.72. The van der Waals surface area contributed by atoms with Crippen molar-refractivity contribution < 1.29 is 23.2 Å². The molecule has 0 radical (unpaired) electrons. The lowest BCUT2D eigenvalue weighted by Gasteiger charge is -2.35. The fraction of sp³-hybridized carbons (Fsp3) is 0.375. The van der Waals surface area contributed by atoms with Gasteiger partial charge in [0, 0.05) is 19.2 Å². The van der Waals surface area contributed by atoms with Crippen molar-refractivity contribution in [1.29, 1.82) is 0 Å². The maximum atomic E-state index is 13.4. The van der Waals surface area contributed by atoms with Gasteiger partial charge in [-0.1, -0.05) is 23.4 Å². The van der Waals surface area contributed by atoms with Crippen molar-refractivity contribution in [3.63, 3.8) is 0 Å². The Hall–Kier alpha value is -3.00. The molecule has 3 heterocycles.